The van der Waals surface area contributed by atoms with Crippen molar-refractivity contribution in [2.45, 2.75) is 4.90 Å². The fraction of sp³-hybridized carbons (Fsp3) is 0. The van der Waals surface area contributed by atoms with Crippen molar-refractivity contribution in [2.24, 2.45) is 0 Å². The van der Waals surface area contributed by atoms with Gasteiger partial charge in [-0.25, -0.2) is 0 Å². The Hall–Kier alpha value is -1.96. The summed E-state index contributed by atoms with van der Waals surface area (Å²) >= 11 is 0. The summed E-state index contributed by atoms with van der Waals surface area (Å²) in [6.45, 7) is 0. The highest BCUT2D eigenvalue weighted by Gasteiger charge is 2.16. The fourth-order valence-electron chi connectivity index (χ4n) is 1.58. The smallest absolute Gasteiger partial charge is 0.296 e. The second kappa shape index (κ2) is 6.00. The van der Waals surface area contributed by atoms with Gasteiger partial charge in [0.05, 0.1) is 5.69 Å². The summed E-state index contributed by atoms with van der Waals surface area (Å²) in [7, 11) is -4.35. The maximum Gasteiger partial charge on any atom is 0.296 e. The molecule has 0 heterocycles. The van der Waals surface area contributed by atoms with Crippen LogP contribution in [0.4, 0.5) is 22.7 Å². The minimum atomic E-state index is -4.35. The largest absolute Gasteiger partial charge is 0.399 e. The molecule has 2 aromatic carbocycles. The van der Waals surface area contributed by atoms with Crippen molar-refractivity contribution in [2.75, 3.05) is 16.8 Å². The Morgan fingerprint density at radius 1 is 0.950 bits per heavy atom. The second-order valence-corrected chi connectivity index (χ2v) is 5.37. The molecule has 20 heavy (non-hydrogen) atoms. The molecule has 0 saturated heterocycles. The van der Waals surface area contributed by atoms with Crippen LogP contribution in [0, 0.1) is 0 Å². The Labute approximate surface area is 122 Å². The summed E-state index contributed by atoms with van der Waals surface area (Å²) < 4.78 is 31.8. The first-order valence-corrected chi connectivity index (χ1v) is 6.80. The third kappa shape index (κ3) is 3.77. The Kier molecular flexibility index (Phi) is 4.83. The minimum absolute atomic E-state index is 0. The van der Waals surface area contributed by atoms with Crippen LogP contribution in [0.3, 0.4) is 0 Å². The lowest BCUT2D eigenvalue weighted by Gasteiger charge is -2.11. The molecule has 0 fully saturated rings. The van der Waals surface area contributed by atoms with Gasteiger partial charge in [-0.05, 0) is 42.5 Å². The van der Waals surface area contributed by atoms with Crippen LogP contribution in [-0.2, 0) is 10.1 Å². The second-order valence-electron chi connectivity index (χ2n) is 3.98. The van der Waals surface area contributed by atoms with Crippen LogP contribution in [0.2, 0.25) is 0 Å². The van der Waals surface area contributed by atoms with E-state index in [2.05, 4.69) is 5.32 Å². The van der Waals surface area contributed by atoms with Gasteiger partial charge in [0.1, 0.15) is 4.90 Å². The van der Waals surface area contributed by atoms with E-state index in [9.17, 15) is 13.0 Å². The maximum atomic E-state index is 11.3. The van der Waals surface area contributed by atoms with Gasteiger partial charge in [0.2, 0.25) is 0 Å². The van der Waals surface area contributed by atoms with Crippen LogP contribution >= 0.6 is 12.4 Å². The van der Waals surface area contributed by atoms with Gasteiger partial charge in [0.25, 0.3) is 10.1 Å². The van der Waals surface area contributed by atoms with Crippen LogP contribution < -0.4 is 16.8 Å². The molecule has 108 valence electrons. The van der Waals surface area contributed by atoms with Gasteiger partial charge >= 0.3 is 0 Å². The van der Waals surface area contributed by atoms with Crippen molar-refractivity contribution >= 4 is 45.3 Å². The topological polar surface area (TPSA) is 118 Å². The summed E-state index contributed by atoms with van der Waals surface area (Å²) in [5.74, 6) is 0. The van der Waals surface area contributed by atoms with E-state index in [1.54, 1.807) is 24.3 Å². The average molecular weight is 316 g/mol. The zero-order valence-electron chi connectivity index (χ0n) is 10.3. The first kappa shape index (κ1) is 16.1. The summed E-state index contributed by atoms with van der Waals surface area (Å²) in [5, 5.41) is 2.88. The van der Waals surface area contributed by atoms with Crippen molar-refractivity contribution in [1.29, 1.82) is 0 Å². The van der Waals surface area contributed by atoms with Crippen molar-refractivity contribution in [1.82, 2.24) is 0 Å². The van der Waals surface area contributed by atoms with Crippen molar-refractivity contribution < 1.29 is 13.0 Å². The normalized spacial score (nSPS) is 10.7. The molecule has 0 aliphatic carbocycles. The van der Waals surface area contributed by atoms with Crippen LogP contribution in [0.15, 0.2) is 47.4 Å². The molecule has 8 heteroatoms. The number of nitrogen functional groups attached to an aromatic ring is 2. The molecular weight excluding hydrogens is 302 g/mol. The number of hydrogen-bond acceptors (Lipinski definition) is 5. The highest BCUT2D eigenvalue weighted by atomic mass is 35.5. The molecule has 0 unspecified atom stereocenters. The van der Waals surface area contributed by atoms with E-state index in [1.807, 2.05) is 0 Å². The van der Waals surface area contributed by atoms with E-state index in [0.717, 1.165) is 0 Å². The van der Waals surface area contributed by atoms with Crippen LogP contribution in [0.5, 0.6) is 0 Å². The molecule has 2 rings (SSSR count). The van der Waals surface area contributed by atoms with Gasteiger partial charge in [-0.3, -0.25) is 4.55 Å². The predicted molar refractivity (Wildman–Crippen MR) is 82.1 cm³/mol. The molecule has 0 amide bonds. The Bertz CT molecular complexity index is 702. The number of rotatable bonds is 3. The minimum Gasteiger partial charge on any atom is -0.399 e. The van der Waals surface area contributed by atoms with Gasteiger partial charge in [0.15, 0.2) is 0 Å². The lowest BCUT2D eigenvalue weighted by molar-refractivity contribution is 0.483. The van der Waals surface area contributed by atoms with Crippen LogP contribution in [-0.4, -0.2) is 13.0 Å². The quantitative estimate of drug-likeness (QED) is 0.509. The summed E-state index contributed by atoms with van der Waals surface area (Å²) in [6, 6.07) is 10.9. The summed E-state index contributed by atoms with van der Waals surface area (Å²) in [5.41, 5.74) is 12.8. The summed E-state index contributed by atoms with van der Waals surface area (Å²) in [6.07, 6.45) is 0. The van der Waals surface area contributed by atoms with Crippen LogP contribution in [0.25, 0.3) is 0 Å². The molecule has 0 bridgehead atoms. The number of halogens is 1. The van der Waals surface area contributed by atoms with Gasteiger partial charge in [0, 0.05) is 17.1 Å². The lowest BCUT2D eigenvalue weighted by Crippen LogP contribution is -2.04. The van der Waals surface area contributed by atoms with E-state index in [1.165, 1.54) is 18.2 Å². The van der Waals surface area contributed by atoms with E-state index in [0.29, 0.717) is 11.4 Å². The molecule has 0 aromatic heterocycles. The predicted octanol–water partition coefficient (Wildman–Crippen LogP) is 2.26. The van der Waals surface area contributed by atoms with Crippen molar-refractivity contribution in [3.63, 3.8) is 0 Å². The molecule has 6 N–H and O–H groups in total. The van der Waals surface area contributed by atoms with Crippen molar-refractivity contribution in [3.05, 3.63) is 42.5 Å². The first-order chi connectivity index (χ1) is 8.86. The number of nitrogens with two attached hydrogens (primary N) is 2. The van der Waals surface area contributed by atoms with E-state index < -0.39 is 10.1 Å². The van der Waals surface area contributed by atoms with Gasteiger partial charge in [-0.1, -0.05) is 0 Å². The molecule has 0 aliphatic rings. The molecule has 0 radical (unpaired) electrons. The first-order valence-electron chi connectivity index (χ1n) is 5.36. The highest BCUT2D eigenvalue weighted by Crippen LogP contribution is 2.27. The maximum absolute atomic E-state index is 11.3. The van der Waals surface area contributed by atoms with Gasteiger partial charge in [-0.15, -0.1) is 12.4 Å². The monoisotopic (exact) mass is 315 g/mol. The molecule has 0 spiro atoms. The zero-order chi connectivity index (χ0) is 14.0. The van der Waals surface area contributed by atoms with Gasteiger partial charge < -0.3 is 16.8 Å². The number of anilines is 4. The number of nitrogens with one attached hydrogen (secondary N) is 1. The molecular formula is C12H14ClN3O3S. The third-order valence-corrected chi connectivity index (χ3v) is 3.37. The highest BCUT2D eigenvalue weighted by molar-refractivity contribution is 7.86. The molecule has 0 saturated carbocycles. The number of benzene rings is 2. The molecule has 6 nitrogen and oxygen atoms in total. The Morgan fingerprint density at radius 2 is 1.50 bits per heavy atom. The SMILES string of the molecule is Cl.Nc1ccc(Nc2ccc(N)cc2S(=O)(=O)O)cc1. The van der Waals surface area contributed by atoms with E-state index in [-0.39, 0.29) is 28.7 Å². The van der Waals surface area contributed by atoms with Gasteiger partial charge in [-0.2, -0.15) is 8.42 Å². The lowest BCUT2D eigenvalue weighted by atomic mass is 10.2. The third-order valence-electron chi connectivity index (χ3n) is 2.47. The number of hydrogen-bond donors (Lipinski definition) is 4. The molecule has 0 atom stereocenters. The van der Waals surface area contributed by atoms with Crippen LogP contribution in [0.1, 0.15) is 0 Å². The Morgan fingerprint density at radius 3 is 2.05 bits per heavy atom. The van der Waals surface area contributed by atoms with E-state index in [4.69, 9.17) is 11.5 Å². The molecule has 0 aliphatic heterocycles. The summed E-state index contributed by atoms with van der Waals surface area (Å²) in [4.78, 5) is -0.274. The average Bonchev–Trinajstić information content (AvgIpc) is 2.33. The van der Waals surface area contributed by atoms with Crippen molar-refractivity contribution in [3.8, 4) is 0 Å². The fourth-order valence-corrected chi connectivity index (χ4v) is 2.26. The Balaban J connectivity index is 0.00000200. The van der Waals surface area contributed by atoms with E-state index >= 15 is 0 Å². The zero-order valence-corrected chi connectivity index (χ0v) is 11.9. The standard InChI is InChI=1S/C12H13N3O3S.ClH/c13-8-1-4-10(5-2-8)15-11-6-3-9(14)7-12(11)19(16,17)18;/h1-7,15H,13-14H2,(H,16,17,18);1H. The molecule has 2 aromatic rings.